The van der Waals surface area contributed by atoms with Gasteiger partial charge in [0.1, 0.15) is 11.8 Å². The minimum absolute atomic E-state index is 0.0889. The lowest BCUT2D eigenvalue weighted by atomic mass is 9.94. The van der Waals surface area contributed by atoms with Gasteiger partial charge in [-0.15, -0.1) is 0 Å². The summed E-state index contributed by atoms with van der Waals surface area (Å²) in [5.74, 6) is 0.779. The Balaban J connectivity index is 1.59. The molecule has 1 aliphatic carbocycles. The van der Waals surface area contributed by atoms with Crippen molar-refractivity contribution in [1.29, 1.82) is 0 Å². The Morgan fingerprint density at radius 3 is 2.23 bits per heavy atom. The van der Waals surface area contributed by atoms with Crippen molar-refractivity contribution in [3.8, 4) is 5.75 Å². The number of benzene rings is 3. The van der Waals surface area contributed by atoms with E-state index in [4.69, 9.17) is 4.74 Å². The molecule has 0 aliphatic heterocycles. The molecule has 0 unspecified atom stereocenters. The number of ether oxygens (including phenoxy) is 1. The van der Waals surface area contributed by atoms with Gasteiger partial charge in [-0.1, -0.05) is 99.8 Å². The maximum absolute atomic E-state index is 13.9. The van der Waals surface area contributed by atoms with Crippen molar-refractivity contribution in [2.45, 2.75) is 83.8 Å². The summed E-state index contributed by atoms with van der Waals surface area (Å²) >= 11 is 0. The van der Waals surface area contributed by atoms with Crippen LogP contribution in [0.2, 0.25) is 0 Å². The first-order valence-corrected chi connectivity index (χ1v) is 14.3. The Labute approximate surface area is 233 Å². The molecule has 0 saturated heterocycles. The van der Waals surface area contributed by atoms with Crippen LogP contribution < -0.4 is 10.1 Å². The maximum Gasteiger partial charge on any atom is 0.261 e. The maximum atomic E-state index is 13.9. The molecule has 1 aliphatic rings. The van der Waals surface area contributed by atoms with E-state index in [2.05, 4.69) is 19.2 Å². The number of nitrogens with one attached hydrogen (secondary N) is 1. The van der Waals surface area contributed by atoms with Gasteiger partial charge in [-0.05, 0) is 60.1 Å². The molecule has 0 aromatic heterocycles. The lowest BCUT2D eigenvalue weighted by Gasteiger charge is -2.33. The van der Waals surface area contributed by atoms with Crippen LogP contribution in [0.15, 0.2) is 78.9 Å². The standard InChI is InChI=1S/C34H42N2O3/c1-25(2)28-18-20-31(21-19-28)39-24-33(37)36(23-29-15-11-10-12-26(29)3)32(22-27-13-6-4-7-14-27)34(38)35-30-16-8-5-9-17-30/h4,6-7,10-15,18-21,25,30,32H,5,8-9,16-17,22-24H2,1-3H3,(H,35,38)/t32-/m0/s1. The average Bonchev–Trinajstić information content (AvgIpc) is 2.95. The number of carbonyl (C=O) groups is 2. The van der Waals surface area contributed by atoms with E-state index in [-0.39, 0.29) is 24.5 Å². The minimum atomic E-state index is -0.645. The molecular formula is C34H42N2O3. The van der Waals surface area contributed by atoms with E-state index in [1.165, 1.54) is 12.0 Å². The summed E-state index contributed by atoms with van der Waals surface area (Å²) < 4.78 is 5.96. The van der Waals surface area contributed by atoms with E-state index >= 15 is 0 Å². The van der Waals surface area contributed by atoms with Gasteiger partial charge < -0.3 is 15.0 Å². The predicted molar refractivity (Wildman–Crippen MR) is 157 cm³/mol. The highest BCUT2D eigenvalue weighted by Gasteiger charge is 2.32. The normalized spacial score (nSPS) is 14.6. The van der Waals surface area contributed by atoms with E-state index in [0.717, 1.165) is 42.4 Å². The summed E-state index contributed by atoms with van der Waals surface area (Å²) in [5, 5.41) is 3.29. The van der Waals surface area contributed by atoms with E-state index in [1.807, 2.05) is 85.8 Å². The smallest absolute Gasteiger partial charge is 0.261 e. The largest absolute Gasteiger partial charge is 0.484 e. The lowest BCUT2D eigenvalue weighted by molar-refractivity contribution is -0.143. The van der Waals surface area contributed by atoms with Gasteiger partial charge in [0.05, 0.1) is 0 Å². The van der Waals surface area contributed by atoms with Crippen molar-refractivity contribution >= 4 is 11.8 Å². The third-order valence-corrected chi connectivity index (χ3v) is 7.73. The van der Waals surface area contributed by atoms with Crippen LogP contribution in [0.1, 0.15) is 74.1 Å². The second-order valence-corrected chi connectivity index (χ2v) is 11.0. The van der Waals surface area contributed by atoms with Crippen LogP contribution in [0, 0.1) is 6.92 Å². The third kappa shape index (κ3) is 8.19. The number of aryl methyl sites for hydroxylation is 1. The summed E-state index contributed by atoms with van der Waals surface area (Å²) in [5.41, 5.74) is 4.36. The molecular weight excluding hydrogens is 484 g/mol. The molecule has 2 amide bonds. The molecule has 39 heavy (non-hydrogen) atoms. The molecule has 0 bridgehead atoms. The number of hydrogen-bond acceptors (Lipinski definition) is 3. The van der Waals surface area contributed by atoms with Crippen molar-refractivity contribution in [3.63, 3.8) is 0 Å². The van der Waals surface area contributed by atoms with Crippen molar-refractivity contribution in [2.75, 3.05) is 6.61 Å². The molecule has 1 atom stereocenters. The topological polar surface area (TPSA) is 58.6 Å². The van der Waals surface area contributed by atoms with Gasteiger partial charge in [0.2, 0.25) is 5.91 Å². The van der Waals surface area contributed by atoms with Gasteiger partial charge >= 0.3 is 0 Å². The van der Waals surface area contributed by atoms with Gasteiger partial charge in [-0.2, -0.15) is 0 Å². The first kappa shape index (κ1) is 28.4. The molecule has 3 aromatic rings. The molecule has 0 radical (unpaired) electrons. The van der Waals surface area contributed by atoms with Gasteiger partial charge in [-0.3, -0.25) is 9.59 Å². The summed E-state index contributed by atoms with van der Waals surface area (Å²) in [6.07, 6.45) is 5.90. The van der Waals surface area contributed by atoms with Crippen LogP contribution in [0.25, 0.3) is 0 Å². The molecule has 0 spiro atoms. The molecule has 1 N–H and O–H groups in total. The first-order chi connectivity index (χ1) is 18.9. The van der Waals surface area contributed by atoms with Gasteiger partial charge in [-0.25, -0.2) is 0 Å². The Kier molecular flexibility index (Phi) is 10.2. The summed E-state index contributed by atoms with van der Waals surface area (Å²) in [6, 6.07) is 25.4. The predicted octanol–water partition coefficient (Wildman–Crippen LogP) is 6.59. The van der Waals surface area contributed by atoms with Gasteiger partial charge in [0.25, 0.3) is 5.91 Å². The molecule has 5 nitrogen and oxygen atoms in total. The van der Waals surface area contributed by atoms with Crippen molar-refractivity contribution < 1.29 is 14.3 Å². The summed E-state index contributed by atoms with van der Waals surface area (Å²) in [6.45, 7) is 6.55. The van der Waals surface area contributed by atoms with E-state index in [1.54, 1.807) is 4.90 Å². The Bertz CT molecular complexity index is 1200. The number of nitrogens with zero attached hydrogens (tertiary/aromatic N) is 1. The zero-order valence-corrected chi connectivity index (χ0v) is 23.6. The average molecular weight is 527 g/mol. The van der Waals surface area contributed by atoms with E-state index in [0.29, 0.717) is 24.6 Å². The quantitative estimate of drug-likeness (QED) is 0.307. The minimum Gasteiger partial charge on any atom is -0.484 e. The molecule has 206 valence electrons. The number of amides is 2. The zero-order chi connectivity index (χ0) is 27.6. The van der Waals surface area contributed by atoms with Crippen molar-refractivity contribution in [2.24, 2.45) is 0 Å². The van der Waals surface area contributed by atoms with Crippen molar-refractivity contribution in [1.82, 2.24) is 10.2 Å². The molecule has 3 aromatic carbocycles. The van der Waals surface area contributed by atoms with Crippen LogP contribution in [-0.4, -0.2) is 35.4 Å². The Morgan fingerprint density at radius 1 is 0.897 bits per heavy atom. The van der Waals surface area contributed by atoms with Crippen LogP contribution in [0.4, 0.5) is 0 Å². The number of carbonyl (C=O) groups excluding carboxylic acids is 2. The second-order valence-electron chi connectivity index (χ2n) is 11.0. The fraction of sp³-hybridized carbons (Fsp3) is 0.412. The fourth-order valence-electron chi connectivity index (χ4n) is 5.25. The highest BCUT2D eigenvalue weighted by atomic mass is 16.5. The molecule has 4 rings (SSSR count). The Hall–Kier alpha value is -3.60. The molecule has 1 fully saturated rings. The summed E-state index contributed by atoms with van der Waals surface area (Å²) in [7, 11) is 0. The lowest BCUT2D eigenvalue weighted by Crippen LogP contribution is -2.53. The van der Waals surface area contributed by atoms with Gasteiger partial charge in [0, 0.05) is 19.0 Å². The van der Waals surface area contributed by atoms with Crippen LogP contribution in [-0.2, 0) is 22.6 Å². The van der Waals surface area contributed by atoms with Crippen LogP contribution in [0.3, 0.4) is 0 Å². The first-order valence-electron chi connectivity index (χ1n) is 14.3. The summed E-state index contributed by atoms with van der Waals surface area (Å²) in [4.78, 5) is 29.4. The third-order valence-electron chi connectivity index (χ3n) is 7.73. The highest BCUT2D eigenvalue weighted by molar-refractivity contribution is 5.88. The van der Waals surface area contributed by atoms with Crippen LogP contribution in [0.5, 0.6) is 5.75 Å². The highest BCUT2D eigenvalue weighted by Crippen LogP contribution is 2.22. The monoisotopic (exact) mass is 526 g/mol. The van der Waals surface area contributed by atoms with E-state index in [9.17, 15) is 9.59 Å². The zero-order valence-electron chi connectivity index (χ0n) is 23.6. The fourth-order valence-corrected chi connectivity index (χ4v) is 5.25. The van der Waals surface area contributed by atoms with Crippen molar-refractivity contribution in [3.05, 3.63) is 101 Å². The van der Waals surface area contributed by atoms with E-state index < -0.39 is 6.04 Å². The second kappa shape index (κ2) is 14.0. The SMILES string of the molecule is Cc1ccccc1CN(C(=O)COc1ccc(C(C)C)cc1)[C@@H](Cc1ccccc1)C(=O)NC1CCCCC1. The Morgan fingerprint density at radius 2 is 1.56 bits per heavy atom. The van der Waals surface area contributed by atoms with Crippen LogP contribution >= 0.6 is 0 Å². The molecule has 0 heterocycles. The molecule has 5 heteroatoms. The molecule has 1 saturated carbocycles. The van der Waals surface area contributed by atoms with Gasteiger partial charge in [0.15, 0.2) is 6.61 Å². The number of hydrogen-bond donors (Lipinski definition) is 1. The number of rotatable bonds is 11.